The summed E-state index contributed by atoms with van der Waals surface area (Å²) in [6.07, 6.45) is 0.0651. The predicted molar refractivity (Wildman–Crippen MR) is 69.2 cm³/mol. The Labute approximate surface area is 109 Å². The van der Waals surface area contributed by atoms with Crippen LogP contribution < -0.4 is 16.8 Å². The normalized spacial score (nSPS) is 18.8. The van der Waals surface area contributed by atoms with Gasteiger partial charge in [0.15, 0.2) is 0 Å². The smallest absolute Gasteiger partial charge is 0.251 e. The van der Waals surface area contributed by atoms with Crippen molar-refractivity contribution in [2.45, 2.75) is 12.5 Å². The van der Waals surface area contributed by atoms with E-state index in [-0.39, 0.29) is 29.5 Å². The third-order valence-corrected chi connectivity index (χ3v) is 3.08. The molecule has 1 heterocycles. The van der Waals surface area contributed by atoms with Crippen molar-refractivity contribution >= 4 is 29.1 Å². The van der Waals surface area contributed by atoms with Crippen LogP contribution in [-0.4, -0.2) is 35.7 Å². The molecule has 1 aliphatic rings. The van der Waals surface area contributed by atoms with Crippen molar-refractivity contribution in [3.05, 3.63) is 23.8 Å². The first kappa shape index (κ1) is 12.9. The number of nitrogens with one attached hydrogen (secondary N) is 1. The number of amides is 3. The van der Waals surface area contributed by atoms with Crippen LogP contribution in [-0.2, 0) is 9.59 Å². The molecule has 0 spiro atoms. The lowest BCUT2D eigenvalue weighted by Crippen LogP contribution is -2.32. The monoisotopic (exact) mass is 262 g/mol. The van der Waals surface area contributed by atoms with Crippen LogP contribution in [0.15, 0.2) is 18.2 Å². The zero-order valence-electron chi connectivity index (χ0n) is 10.3. The first-order valence-corrected chi connectivity index (χ1v) is 5.67. The van der Waals surface area contributed by atoms with Gasteiger partial charge < -0.3 is 16.8 Å². The van der Waals surface area contributed by atoms with E-state index in [1.807, 2.05) is 0 Å². The van der Waals surface area contributed by atoms with Crippen molar-refractivity contribution in [2.24, 2.45) is 5.73 Å². The lowest BCUT2D eigenvalue weighted by atomic mass is 10.1. The number of likely N-dealkylation sites (N-methyl/N-ethyl adjacent to an activating group) is 1. The molecule has 1 fully saturated rings. The summed E-state index contributed by atoms with van der Waals surface area (Å²) in [6.45, 7) is 0. The molecule has 5 N–H and O–H groups in total. The minimum absolute atomic E-state index is 0.0651. The summed E-state index contributed by atoms with van der Waals surface area (Å²) in [5, 5.41) is 2.87. The standard InChI is InChI=1S/C12H14N4O3/c1-16-9(17)5-8(12(16)19)15-7-4-2-3-6(10(7)13)11(14)18/h2-4,8,15H,5,13H2,1H3,(H2,14,18). The van der Waals surface area contributed by atoms with Gasteiger partial charge in [-0.2, -0.15) is 0 Å². The van der Waals surface area contributed by atoms with Gasteiger partial charge in [-0.15, -0.1) is 0 Å². The number of rotatable bonds is 3. The minimum Gasteiger partial charge on any atom is -0.396 e. The van der Waals surface area contributed by atoms with Crippen LogP contribution in [0.2, 0.25) is 0 Å². The number of hydrogen-bond acceptors (Lipinski definition) is 5. The van der Waals surface area contributed by atoms with Crippen LogP contribution in [0.5, 0.6) is 0 Å². The minimum atomic E-state index is -0.664. The molecule has 1 aliphatic heterocycles. The van der Waals surface area contributed by atoms with Crippen molar-refractivity contribution in [2.75, 3.05) is 18.1 Å². The molecule has 1 aromatic rings. The third kappa shape index (κ3) is 2.22. The van der Waals surface area contributed by atoms with Gasteiger partial charge >= 0.3 is 0 Å². The Morgan fingerprint density at radius 1 is 1.42 bits per heavy atom. The SMILES string of the molecule is CN1C(=O)CC(Nc2cccc(C(N)=O)c2N)C1=O. The molecule has 3 amide bonds. The maximum absolute atomic E-state index is 11.8. The van der Waals surface area contributed by atoms with Gasteiger partial charge in [0.2, 0.25) is 5.91 Å². The molecule has 1 atom stereocenters. The summed E-state index contributed by atoms with van der Waals surface area (Å²) in [7, 11) is 1.43. The molecule has 0 aliphatic carbocycles. The van der Waals surface area contributed by atoms with Crippen LogP contribution >= 0.6 is 0 Å². The molecule has 0 bridgehead atoms. The highest BCUT2D eigenvalue weighted by molar-refractivity contribution is 6.07. The molecule has 1 saturated heterocycles. The van der Waals surface area contributed by atoms with Gasteiger partial charge in [-0.05, 0) is 12.1 Å². The summed E-state index contributed by atoms with van der Waals surface area (Å²) < 4.78 is 0. The number of nitrogen functional groups attached to an aromatic ring is 1. The fourth-order valence-corrected chi connectivity index (χ4v) is 1.96. The number of primary amides is 1. The van der Waals surface area contributed by atoms with Gasteiger partial charge in [-0.3, -0.25) is 19.3 Å². The first-order chi connectivity index (χ1) is 8.91. The Balaban J connectivity index is 2.26. The fraction of sp³-hybridized carbons (Fsp3) is 0.250. The number of benzene rings is 1. The van der Waals surface area contributed by atoms with Crippen molar-refractivity contribution < 1.29 is 14.4 Å². The summed E-state index contributed by atoms with van der Waals surface area (Å²) in [6, 6.07) is 4.06. The Morgan fingerprint density at radius 2 is 2.11 bits per heavy atom. The van der Waals surface area contributed by atoms with Crippen LogP contribution in [0.1, 0.15) is 16.8 Å². The van der Waals surface area contributed by atoms with Crippen molar-refractivity contribution in [3.63, 3.8) is 0 Å². The van der Waals surface area contributed by atoms with E-state index in [0.29, 0.717) is 5.69 Å². The van der Waals surface area contributed by atoms with E-state index in [4.69, 9.17) is 11.5 Å². The highest BCUT2D eigenvalue weighted by atomic mass is 16.2. The third-order valence-electron chi connectivity index (χ3n) is 3.08. The number of carbonyl (C=O) groups is 3. The second kappa shape index (κ2) is 4.60. The zero-order valence-corrected chi connectivity index (χ0v) is 10.3. The Bertz CT molecular complexity index is 570. The van der Waals surface area contributed by atoms with Crippen LogP contribution in [0, 0.1) is 0 Å². The van der Waals surface area contributed by atoms with Gasteiger partial charge in [0.05, 0.1) is 23.4 Å². The molecule has 0 saturated carbocycles. The molecule has 100 valence electrons. The van der Waals surface area contributed by atoms with Crippen LogP contribution in [0.25, 0.3) is 0 Å². The van der Waals surface area contributed by atoms with E-state index in [1.54, 1.807) is 12.1 Å². The van der Waals surface area contributed by atoms with Crippen molar-refractivity contribution in [3.8, 4) is 0 Å². The Morgan fingerprint density at radius 3 is 2.63 bits per heavy atom. The maximum Gasteiger partial charge on any atom is 0.251 e. The zero-order chi connectivity index (χ0) is 14.2. The molecular formula is C12H14N4O3. The van der Waals surface area contributed by atoms with Crippen molar-refractivity contribution in [1.82, 2.24) is 4.90 Å². The van der Waals surface area contributed by atoms with Crippen molar-refractivity contribution in [1.29, 1.82) is 0 Å². The van der Waals surface area contributed by atoms with Gasteiger partial charge in [0.25, 0.3) is 11.8 Å². The number of hydrogen-bond donors (Lipinski definition) is 3. The number of anilines is 2. The second-order valence-electron chi connectivity index (χ2n) is 4.32. The second-order valence-corrected chi connectivity index (χ2v) is 4.32. The lowest BCUT2D eigenvalue weighted by Gasteiger charge is -2.15. The number of nitrogens with zero attached hydrogens (tertiary/aromatic N) is 1. The molecule has 19 heavy (non-hydrogen) atoms. The molecule has 0 radical (unpaired) electrons. The van der Waals surface area contributed by atoms with Crippen LogP contribution in [0.4, 0.5) is 11.4 Å². The van der Waals surface area contributed by atoms with Gasteiger partial charge in [0, 0.05) is 7.05 Å². The number of para-hydroxylation sites is 1. The van der Waals surface area contributed by atoms with E-state index in [0.717, 1.165) is 4.90 Å². The molecule has 1 unspecified atom stereocenters. The highest BCUT2D eigenvalue weighted by Gasteiger charge is 2.36. The number of imide groups is 1. The van der Waals surface area contributed by atoms with Gasteiger partial charge in [0.1, 0.15) is 6.04 Å². The molecule has 2 rings (SSSR count). The summed E-state index contributed by atoms with van der Waals surface area (Å²) >= 11 is 0. The number of nitrogens with two attached hydrogens (primary N) is 2. The average molecular weight is 262 g/mol. The molecule has 0 aromatic heterocycles. The highest BCUT2D eigenvalue weighted by Crippen LogP contribution is 2.25. The quantitative estimate of drug-likeness (QED) is 0.503. The van der Waals surface area contributed by atoms with Gasteiger partial charge in [-0.1, -0.05) is 6.07 Å². The van der Waals surface area contributed by atoms with Gasteiger partial charge in [-0.25, -0.2) is 0 Å². The molecule has 1 aromatic carbocycles. The summed E-state index contributed by atoms with van der Waals surface area (Å²) in [4.78, 5) is 35.4. The topological polar surface area (TPSA) is 119 Å². The largest absolute Gasteiger partial charge is 0.396 e. The lowest BCUT2D eigenvalue weighted by molar-refractivity contribution is -0.136. The first-order valence-electron chi connectivity index (χ1n) is 5.67. The molecule has 7 heteroatoms. The van der Waals surface area contributed by atoms with E-state index in [9.17, 15) is 14.4 Å². The van der Waals surface area contributed by atoms with E-state index < -0.39 is 11.9 Å². The summed E-state index contributed by atoms with van der Waals surface area (Å²) in [5.41, 5.74) is 11.8. The fourth-order valence-electron chi connectivity index (χ4n) is 1.96. The number of likely N-dealkylation sites (tertiary alicyclic amines) is 1. The summed E-state index contributed by atoms with van der Waals surface area (Å²) in [5.74, 6) is -1.23. The van der Waals surface area contributed by atoms with Crippen LogP contribution in [0.3, 0.4) is 0 Å². The Hall–Kier alpha value is -2.57. The number of carbonyl (C=O) groups excluding carboxylic acids is 3. The van der Waals surface area contributed by atoms with E-state index in [1.165, 1.54) is 13.1 Å². The molecular weight excluding hydrogens is 248 g/mol. The van der Waals surface area contributed by atoms with E-state index in [2.05, 4.69) is 5.32 Å². The molecule has 7 nitrogen and oxygen atoms in total. The van der Waals surface area contributed by atoms with E-state index >= 15 is 0 Å². The predicted octanol–water partition coefficient (Wildman–Crippen LogP) is -0.463. The maximum atomic E-state index is 11.8. The average Bonchev–Trinajstić information content (AvgIpc) is 2.59. The Kier molecular flexibility index (Phi) is 3.12.